The molecule has 2 fully saturated rings. The quantitative estimate of drug-likeness (QED) is 0.820. The first-order valence-corrected chi connectivity index (χ1v) is 10.00. The smallest absolute Gasteiger partial charge is 0.186 e. The van der Waals surface area contributed by atoms with E-state index in [1.54, 1.807) is 0 Å². The van der Waals surface area contributed by atoms with E-state index in [4.69, 9.17) is 0 Å². The number of benzene rings is 1. The van der Waals surface area contributed by atoms with Crippen molar-refractivity contribution in [3.05, 3.63) is 23.8 Å². The summed E-state index contributed by atoms with van der Waals surface area (Å²) in [5.74, 6) is 1.38. The molecular weight excluding hydrogens is 336 g/mol. The van der Waals surface area contributed by atoms with Gasteiger partial charge in [0.1, 0.15) is 11.3 Å². The lowest BCUT2D eigenvalue weighted by Gasteiger charge is -2.40. The predicted molar refractivity (Wildman–Crippen MR) is 93.7 cm³/mol. The van der Waals surface area contributed by atoms with Crippen LogP contribution in [-0.2, 0) is 0 Å². The van der Waals surface area contributed by atoms with Crippen LogP contribution in [0, 0.1) is 11.6 Å². The van der Waals surface area contributed by atoms with Crippen molar-refractivity contribution in [1.82, 2.24) is 9.88 Å². The number of piperidine rings is 1. The van der Waals surface area contributed by atoms with Crippen molar-refractivity contribution in [3.8, 4) is 0 Å². The Morgan fingerprint density at radius 2 is 1.78 bits per heavy atom. The van der Waals surface area contributed by atoms with Crippen LogP contribution in [0.5, 0.6) is 0 Å². The maximum Gasteiger partial charge on any atom is 0.186 e. The summed E-state index contributed by atoms with van der Waals surface area (Å²) >= 11 is 3.43. The van der Waals surface area contributed by atoms with Crippen molar-refractivity contribution in [2.45, 2.75) is 18.9 Å². The molecule has 3 nitrogen and oxygen atoms in total. The van der Waals surface area contributed by atoms with E-state index >= 15 is 0 Å². The summed E-state index contributed by atoms with van der Waals surface area (Å²) in [5, 5.41) is 0.817. The fourth-order valence-corrected chi connectivity index (χ4v) is 5.43. The van der Waals surface area contributed by atoms with E-state index in [0.717, 1.165) is 37.1 Å². The van der Waals surface area contributed by atoms with Gasteiger partial charge in [-0.25, -0.2) is 13.8 Å². The molecule has 7 heteroatoms. The topological polar surface area (TPSA) is 19.4 Å². The zero-order valence-corrected chi connectivity index (χ0v) is 14.4. The molecule has 0 bridgehead atoms. The minimum atomic E-state index is -0.566. The van der Waals surface area contributed by atoms with Crippen molar-refractivity contribution in [3.63, 3.8) is 0 Å². The second-order valence-electron chi connectivity index (χ2n) is 6.10. The lowest BCUT2D eigenvalue weighted by molar-refractivity contribution is 0.186. The molecule has 23 heavy (non-hydrogen) atoms. The largest absolute Gasteiger partial charge is 0.348 e. The van der Waals surface area contributed by atoms with Crippen LogP contribution in [0.1, 0.15) is 12.8 Å². The van der Waals surface area contributed by atoms with Crippen LogP contribution < -0.4 is 4.90 Å². The van der Waals surface area contributed by atoms with Crippen molar-refractivity contribution in [1.29, 1.82) is 0 Å². The second kappa shape index (κ2) is 6.53. The van der Waals surface area contributed by atoms with Crippen LogP contribution in [-0.4, -0.2) is 53.6 Å². The molecule has 0 amide bonds. The molecule has 4 rings (SSSR count). The molecular formula is C16H19F2N3S2. The Kier molecular flexibility index (Phi) is 4.43. The number of thiazole rings is 1. The lowest BCUT2D eigenvalue weighted by atomic mass is 10.0. The van der Waals surface area contributed by atoms with Gasteiger partial charge in [0.15, 0.2) is 10.9 Å². The zero-order chi connectivity index (χ0) is 15.8. The third kappa shape index (κ3) is 3.19. The predicted octanol–water partition coefficient (Wildman–Crippen LogP) is 3.59. The van der Waals surface area contributed by atoms with Crippen LogP contribution in [0.4, 0.5) is 13.9 Å². The van der Waals surface area contributed by atoms with Gasteiger partial charge in [-0.15, -0.1) is 0 Å². The van der Waals surface area contributed by atoms with E-state index in [2.05, 4.69) is 14.8 Å². The van der Waals surface area contributed by atoms with Gasteiger partial charge in [-0.2, -0.15) is 11.8 Å². The minimum Gasteiger partial charge on any atom is -0.348 e. The molecule has 0 N–H and O–H groups in total. The zero-order valence-electron chi connectivity index (χ0n) is 12.8. The number of fused-ring (bicyclic) bond motifs is 1. The highest BCUT2D eigenvalue weighted by atomic mass is 32.2. The van der Waals surface area contributed by atoms with Gasteiger partial charge in [0.25, 0.3) is 0 Å². The molecule has 124 valence electrons. The number of hydrogen-bond acceptors (Lipinski definition) is 5. The van der Waals surface area contributed by atoms with Crippen molar-refractivity contribution in [2.75, 3.05) is 42.6 Å². The van der Waals surface area contributed by atoms with Gasteiger partial charge < -0.3 is 4.90 Å². The van der Waals surface area contributed by atoms with Gasteiger partial charge in [-0.3, -0.25) is 4.90 Å². The normalized spacial score (nSPS) is 21.2. The van der Waals surface area contributed by atoms with Crippen LogP contribution in [0.15, 0.2) is 12.1 Å². The number of nitrogens with zero attached hydrogens (tertiary/aromatic N) is 3. The van der Waals surface area contributed by atoms with Crippen molar-refractivity contribution >= 4 is 38.4 Å². The molecule has 2 aromatic rings. The van der Waals surface area contributed by atoms with Crippen LogP contribution >= 0.6 is 23.1 Å². The number of anilines is 1. The number of halogens is 2. The van der Waals surface area contributed by atoms with Gasteiger partial charge in [-0.05, 0) is 18.9 Å². The minimum absolute atomic E-state index is 0.293. The Labute approximate surface area is 142 Å². The summed E-state index contributed by atoms with van der Waals surface area (Å²) in [6.45, 7) is 4.28. The Balaban J connectivity index is 1.46. The van der Waals surface area contributed by atoms with Crippen LogP contribution in [0.25, 0.3) is 10.2 Å². The van der Waals surface area contributed by atoms with E-state index in [1.807, 2.05) is 11.8 Å². The Hall–Kier alpha value is -0.920. The number of hydrogen-bond donors (Lipinski definition) is 0. The molecule has 0 radical (unpaired) electrons. The molecule has 0 aliphatic carbocycles. The van der Waals surface area contributed by atoms with E-state index in [1.165, 1.54) is 42.0 Å². The molecule has 0 spiro atoms. The third-order valence-corrected chi connectivity index (χ3v) is 6.70. The first-order chi connectivity index (χ1) is 11.2. The molecule has 1 aromatic carbocycles. The summed E-state index contributed by atoms with van der Waals surface area (Å²) in [6, 6.07) is 2.94. The Morgan fingerprint density at radius 1 is 1.04 bits per heavy atom. The van der Waals surface area contributed by atoms with Crippen molar-refractivity contribution < 1.29 is 8.78 Å². The Bertz CT molecular complexity index is 692. The summed E-state index contributed by atoms with van der Waals surface area (Å²) in [5.41, 5.74) is 0.293. The van der Waals surface area contributed by atoms with Gasteiger partial charge in [0.05, 0.1) is 4.70 Å². The first-order valence-electron chi connectivity index (χ1n) is 8.03. The fourth-order valence-electron chi connectivity index (χ4n) is 3.45. The summed E-state index contributed by atoms with van der Waals surface area (Å²) in [6.07, 6.45) is 2.24. The number of thioether (sulfide) groups is 1. The average molecular weight is 355 g/mol. The number of rotatable bonds is 2. The van der Waals surface area contributed by atoms with E-state index in [9.17, 15) is 8.78 Å². The summed E-state index contributed by atoms with van der Waals surface area (Å²) in [4.78, 5) is 9.23. The highest BCUT2D eigenvalue weighted by molar-refractivity contribution is 7.99. The maximum absolute atomic E-state index is 13.8. The van der Waals surface area contributed by atoms with Gasteiger partial charge in [0, 0.05) is 49.8 Å². The monoisotopic (exact) mass is 355 g/mol. The van der Waals surface area contributed by atoms with Crippen LogP contribution in [0.3, 0.4) is 0 Å². The standard InChI is InChI=1S/C16H19F2N3S2/c17-11-9-13(18)15-14(10-11)23-16(19-15)21-3-1-12(2-4-21)20-5-7-22-8-6-20/h9-10,12H,1-8H2. The second-order valence-corrected chi connectivity index (χ2v) is 8.33. The van der Waals surface area contributed by atoms with Gasteiger partial charge in [0.2, 0.25) is 0 Å². The molecule has 3 heterocycles. The highest BCUT2D eigenvalue weighted by Gasteiger charge is 2.27. The van der Waals surface area contributed by atoms with Crippen molar-refractivity contribution in [2.24, 2.45) is 0 Å². The number of aromatic nitrogens is 1. The molecule has 0 saturated carbocycles. The SMILES string of the molecule is Fc1cc(F)c2nc(N3CCC(N4CCSCC4)CC3)sc2c1. The molecule has 2 aliphatic rings. The first kappa shape index (κ1) is 15.6. The molecule has 0 atom stereocenters. The molecule has 2 aliphatic heterocycles. The van der Waals surface area contributed by atoms with E-state index in [-0.39, 0.29) is 0 Å². The lowest BCUT2D eigenvalue weighted by Crippen LogP contribution is -2.47. The molecule has 2 saturated heterocycles. The fraction of sp³-hybridized carbons (Fsp3) is 0.562. The highest BCUT2D eigenvalue weighted by Crippen LogP contribution is 2.33. The third-order valence-electron chi connectivity index (χ3n) is 4.70. The average Bonchev–Trinajstić information content (AvgIpc) is 3.00. The van der Waals surface area contributed by atoms with E-state index < -0.39 is 11.6 Å². The van der Waals surface area contributed by atoms with Gasteiger partial charge >= 0.3 is 0 Å². The van der Waals surface area contributed by atoms with Gasteiger partial charge in [-0.1, -0.05) is 11.3 Å². The Morgan fingerprint density at radius 3 is 2.52 bits per heavy atom. The van der Waals surface area contributed by atoms with Crippen LogP contribution in [0.2, 0.25) is 0 Å². The summed E-state index contributed by atoms with van der Waals surface area (Å²) in [7, 11) is 0. The summed E-state index contributed by atoms with van der Waals surface area (Å²) < 4.78 is 27.7. The molecule has 0 unspecified atom stereocenters. The van der Waals surface area contributed by atoms with E-state index in [0.29, 0.717) is 16.3 Å². The maximum atomic E-state index is 13.8. The molecule has 1 aromatic heterocycles.